The molecule has 1 aromatic carbocycles. The first-order valence-electron chi connectivity index (χ1n) is 6.17. The van der Waals surface area contributed by atoms with Crippen molar-refractivity contribution in [2.75, 3.05) is 12.8 Å². The van der Waals surface area contributed by atoms with Crippen LogP contribution in [0.25, 0.3) is 10.9 Å². The summed E-state index contributed by atoms with van der Waals surface area (Å²) in [7, 11) is -3.13. The van der Waals surface area contributed by atoms with E-state index in [2.05, 4.69) is 9.29 Å². The molecule has 0 aliphatic heterocycles. The third kappa shape index (κ3) is 3.67. The first-order valence-corrected chi connectivity index (χ1v) is 8.82. The molecule has 0 bridgehead atoms. The summed E-state index contributed by atoms with van der Waals surface area (Å²) in [5.41, 5.74) is 2.01. The molecule has 1 aromatic heterocycles. The smallest absolute Gasteiger partial charge is 0.208 e. The Morgan fingerprint density at radius 3 is 2.60 bits per heavy atom. The van der Waals surface area contributed by atoms with Crippen molar-refractivity contribution in [1.29, 1.82) is 0 Å². The van der Waals surface area contributed by atoms with Gasteiger partial charge >= 0.3 is 0 Å². The lowest BCUT2D eigenvalue weighted by Gasteiger charge is -2.10. The molecule has 0 fully saturated rings. The van der Waals surface area contributed by atoms with Crippen LogP contribution >= 0.6 is 23.2 Å². The van der Waals surface area contributed by atoms with Crippen LogP contribution in [0.3, 0.4) is 0 Å². The van der Waals surface area contributed by atoms with Crippen LogP contribution < -0.4 is 4.72 Å². The van der Waals surface area contributed by atoms with Gasteiger partial charge in [0.25, 0.3) is 0 Å². The first kappa shape index (κ1) is 15.6. The number of aryl methyl sites for hydroxylation is 2. The van der Waals surface area contributed by atoms with Gasteiger partial charge in [0.1, 0.15) is 0 Å². The highest BCUT2D eigenvalue weighted by atomic mass is 35.5. The lowest BCUT2D eigenvalue weighted by atomic mass is 10.2. The Kier molecular flexibility index (Phi) is 4.64. The van der Waals surface area contributed by atoms with Gasteiger partial charge in [-0.05, 0) is 31.5 Å². The van der Waals surface area contributed by atoms with Crippen LogP contribution in [0.1, 0.15) is 12.1 Å². The molecule has 0 radical (unpaired) electrons. The van der Waals surface area contributed by atoms with Crippen molar-refractivity contribution in [3.63, 3.8) is 0 Å². The topological polar surface area (TPSA) is 51.1 Å². The normalized spacial score (nSPS) is 12.2. The fourth-order valence-electron chi connectivity index (χ4n) is 2.24. The molecule has 1 N–H and O–H groups in total. The number of nitrogens with zero attached hydrogens (tertiary/aromatic N) is 1. The molecule has 0 spiro atoms. The highest BCUT2D eigenvalue weighted by Gasteiger charge is 2.10. The number of hydrogen-bond acceptors (Lipinski definition) is 2. The second-order valence-electron chi connectivity index (χ2n) is 4.78. The zero-order valence-electron chi connectivity index (χ0n) is 11.3. The second-order valence-corrected chi connectivity index (χ2v) is 7.46. The summed E-state index contributed by atoms with van der Waals surface area (Å²) < 4.78 is 26.6. The standard InChI is InChI=1S/C13H16Cl2N2O2S/c1-9-6-10-7-11(14)8-12(15)13(10)17(9)5-3-4-16-20(2,18)19/h6-8,16H,3-5H2,1-2H3. The van der Waals surface area contributed by atoms with Gasteiger partial charge in [-0.1, -0.05) is 23.2 Å². The average Bonchev–Trinajstić information content (AvgIpc) is 2.59. The van der Waals surface area contributed by atoms with Gasteiger partial charge in [-0.3, -0.25) is 0 Å². The van der Waals surface area contributed by atoms with Crippen molar-refractivity contribution >= 4 is 44.1 Å². The molecule has 0 saturated heterocycles. The molecule has 2 aromatic rings. The summed E-state index contributed by atoms with van der Waals surface area (Å²) in [6, 6.07) is 5.62. The van der Waals surface area contributed by atoms with Gasteiger partial charge in [-0.15, -0.1) is 0 Å². The number of sulfonamides is 1. The van der Waals surface area contributed by atoms with Crippen molar-refractivity contribution in [2.45, 2.75) is 19.9 Å². The van der Waals surface area contributed by atoms with Gasteiger partial charge in [0.2, 0.25) is 10.0 Å². The third-order valence-corrected chi connectivity index (χ3v) is 4.28. The minimum absolute atomic E-state index is 0.406. The maximum absolute atomic E-state index is 11.0. The SMILES string of the molecule is Cc1cc2cc(Cl)cc(Cl)c2n1CCCNS(C)(=O)=O. The molecule has 0 unspecified atom stereocenters. The van der Waals surface area contributed by atoms with E-state index in [-0.39, 0.29) is 0 Å². The van der Waals surface area contributed by atoms with Gasteiger partial charge in [0.15, 0.2) is 0 Å². The molecular weight excluding hydrogens is 319 g/mol. The Morgan fingerprint density at radius 2 is 1.95 bits per heavy atom. The minimum Gasteiger partial charge on any atom is -0.344 e. The Bertz CT molecular complexity index is 738. The van der Waals surface area contributed by atoms with Crippen LogP contribution in [0.2, 0.25) is 10.0 Å². The number of hydrogen-bond donors (Lipinski definition) is 1. The summed E-state index contributed by atoms with van der Waals surface area (Å²) in [5.74, 6) is 0. The highest BCUT2D eigenvalue weighted by Crippen LogP contribution is 2.30. The van der Waals surface area contributed by atoms with E-state index in [0.717, 1.165) is 22.9 Å². The molecule has 0 aliphatic carbocycles. The zero-order chi connectivity index (χ0) is 14.9. The van der Waals surface area contributed by atoms with Gasteiger partial charge in [0, 0.05) is 29.2 Å². The van der Waals surface area contributed by atoms with Crippen molar-refractivity contribution in [3.05, 3.63) is 33.9 Å². The zero-order valence-corrected chi connectivity index (χ0v) is 13.6. The van der Waals surface area contributed by atoms with Crippen molar-refractivity contribution in [3.8, 4) is 0 Å². The third-order valence-electron chi connectivity index (χ3n) is 3.04. The molecule has 1 heterocycles. The molecular formula is C13H16Cl2N2O2S. The van der Waals surface area contributed by atoms with Gasteiger partial charge < -0.3 is 4.57 Å². The van der Waals surface area contributed by atoms with Crippen molar-refractivity contribution < 1.29 is 8.42 Å². The molecule has 0 amide bonds. The Balaban J connectivity index is 2.20. The molecule has 4 nitrogen and oxygen atoms in total. The van der Waals surface area contributed by atoms with Crippen LogP contribution in [0.15, 0.2) is 18.2 Å². The molecule has 20 heavy (non-hydrogen) atoms. The van der Waals surface area contributed by atoms with Gasteiger partial charge in [-0.2, -0.15) is 0 Å². The lowest BCUT2D eigenvalue weighted by Crippen LogP contribution is -2.23. The molecule has 0 aliphatic rings. The van der Waals surface area contributed by atoms with Crippen LogP contribution in [0.4, 0.5) is 0 Å². The van der Waals surface area contributed by atoms with E-state index in [1.165, 1.54) is 0 Å². The van der Waals surface area contributed by atoms with E-state index < -0.39 is 10.0 Å². The van der Waals surface area contributed by atoms with Crippen molar-refractivity contribution in [2.24, 2.45) is 0 Å². The largest absolute Gasteiger partial charge is 0.344 e. The Labute approximate surface area is 128 Å². The quantitative estimate of drug-likeness (QED) is 0.853. The van der Waals surface area contributed by atoms with E-state index in [0.29, 0.717) is 29.6 Å². The maximum Gasteiger partial charge on any atom is 0.208 e. The second kappa shape index (κ2) is 5.93. The fourth-order valence-corrected chi connectivity index (χ4v) is 3.37. The summed E-state index contributed by atoms with van der Waals surface area (Å²) in [6.07, 6.45) is 1.85. The van der Waals surface area contributed by atoms with Crippen LogP contribution in [-0.4, -0.2) is 25.8 Å². The average molecular weight is 335 g/mol. The van der Waals surface area contributed by atoms with Gasteiger partial charge in [0.05, 0.1) is 16.8 Å². The monoisotopic (exact) mass is 334 g/mol. The van der Waals surface area contributed by atoms with Gasteiger partial charge in [-0.25, -0.2) is 13.1 Å². The van der Waals surface area contributed by atoms with Crippen LogP contribution in [-0.2, 0) is 16.6 Å². The molecule has 7 heteroatoms. The Morgan fingerprint density at radius 1 is 1.25 bits per heavy atom. The number of aromatic nitrogens is 1. The summed E-state index contributed by atoms with van der Waals surface area (Å²) in [6.45, 7) is 3.09. The van der Waals surface area contributed by atoms with Crippen LogP contribution in [0, 0.1) is 6.92 Å². The maximum atomic E-state index is 11.0. The molecule has 0 atom stereocenters. The van der Waals surface area contributed by atoms with E-state index in [1.807, 2.05) is 19.1 Å². The molecule has 2 rings (SSSR count). The van der Waals surface area contributed by atoms with E-state index >= 15 is 0 Å². The lowest BCUT2D eigenvalue weighted by molar-refractivity contribution is 0.576. The number of nitrogens with one attached hydrogen (secondary N) is 1. The summed E-state index contributed by atoms with van der Waals surface area (Å²) in [4.78, 5) is 0. The predicted octanol–water partition coefficient (Wildman–Crippen LogP) is 3.20. The number of halogens is 2. The van der Waals surface area contributed by atoms with Crippen LogP contribution in [0.5, 0.6) is 0 Å². The minimum atomic E-state index is -3.13. The molecule has 110 valence electrons. The number of fused-ring (bicyclic) bond motifs is 1. The van der Waals surface area contributed by atoms with E-state index in [4.69, 9.17) is 23.2 Å². The number of benzene rings is 1. The van der Waals surface area contributed by atoms with Crippen molar-refractivity contribution in [1.82, 2.24) is 9.29 Å². The first-order chi connectivity index (χ1) is 9.28. The highest BCUT2D eigenvalue weighted by molar-refractivity contribution is 7.88. The molecule has 0 saturated carbocycles. The summed E-state index contributed by atoms with van der Waals surface area (Å²) in [5, 5.41) is 2.21. The van der Waals surface area contributed by atoms with E-state index in [9.17, 15) is 8.42 Å². The number of rotatable bonds is 5. The Hall–Kier alpha value is -0.750. The fraction of sp³-hybridized carbons (Fsp3) is 0.385. The summed E-state index contributed by atoms with van der Waals surface area (Å²) >= 11 is 12.2. The predicted molar refractivity (Wildman–Crippen MR) is 84.2 cm³/mol. The van der Waals surface area contributed by atoms with E-state index in [1.54, 1.807) is 6.07 Å².